The molecule has 2 aromatic rings. The van der Waals surface area contributed by atoms with E-state index in [1.54, 1.807) is 30.3 Å². The molecular weight excluding hydrogens is 358 g/mol. The third-order valence-electron chi connectivity index (χ3n) is 4.67. The van der Waals surface area contributed by atoms with Gasteiger partial charge in [-0.3, -0.25) is 0 Å². The van der Waals surface area contributed by atoms with Crippen molar-refractivity contribution in [2.45, 2.75) is 35.0 Å². The van der Waals surface area contributed by atoms with Crippen LogP contribution >= 0.6 is 12.4 Å². The summed E-state index contributed by atoms with van der Waals surface area (Å²) in [4.78, 5) is 0.629. The smallest absolute Gasteiger partial charge is 0.206 e. The number of methoxy groups -OCH3 is 1. The van der Waals surface area contributed by atoms with Gasteiger partial charge in [-0.05, 0) is 73.7 Å². The molecule has 1 aliphatic rings. The number of halogens is 1. The fourth-order valence-corrected chi connectivity index (χ4v) is 4.77. The molecule has 25 heavy (non-hydrogen) atoms. The molecule has 6 heteroatoms. The summed E-state index contributed by atoms with van der Waals surface area (Å²) in [5.41, 5.74) is 2.44. The number of ether oxygens (including phenoxy) is 1. The van der Waals surface area contributed by atoms with Crippen LogP contribution in [-0.2, 0) is 16.3 Å². The number of hydrogen-bond acceptors (Lipinski definition) is 4. The van der Waals surface area contributed by atoms with E-state index < -0.39 is 9.84 Å². The van der Waals surface area contributed by atoms with Gasteiger partial charge in [0.05, 0.1) is 16.9 Å². The molecule has 0 fully saturated rings. The number of nitrogens with one attached hydrogen (secondary N) is 1. The Morgan fingerprint density at radius 1 is 1.16 bits per heavy atom. The van der Waals surface area contributed by atoms with Crippen LogP contribution in [0.2, 0.25) is 0 Å². The van der Waals surface area contributed by atoms with E-state index in [2.05, 4.69) is 5.32 Å². The van der Waals surface area contributed by atoms with E-state index in [1.807, 2.05) is 19.2 Å². The molecule has 0 spiro atoms. The molecule has 0 bridgehead atoms. The van der Waals surface area contributed by atoms with Crippen molar-refractivity contribution >= 4 is 22.2 Å². The van der Waals surface area contributed by atoms with Gasteiger partial charge in [0.25, 0.3) is 0 Å². The zero-order valence-corrected chi connectivity index (χ0v) is 16.1. The fourth-order valence-electron chi connectivity index (χ4n) is 3.42. The molecule has 3 rings (SSSR count). The van der Waals surface area contributed by atoms with Gasteiger partial charge in [-0.1, -0.05) is 12.1 Å². The first kappa shape index (κ1) is 19.8. The van der Waals surface area contributed by atoms with Crippen molar-refractivity contribution in [2.75, 3.05) is 20.7 Å². The molecule has 0 radical (unpaired) electrons. The number of aryl methyl sites for hydroxylation is 1. The van der Waals surface area contributed by atoms with Crippen LogP contribution in [0, 0.1) is 0 Å². The Morgan fingerprint density at radius 3 is 2.64 bits per heavy atom. The number of benzene rings is 2. The summed E-state index contributed by atoms with van der Waals surface area (Å²) >= 11 is 0. The molecular formula is C19H24ClNO3S. The SMILES string of the molecule is CNCC1CCCc2cc(S(=O)(=O)c3cccc(OC)c3)ccc21.Cl. The highest BCUT2D eigenvalue weighted by atomic mass is 35.5. The molecule has 0 amide bonds. The topological polar surface area (TPSA) is 55.4 Å². The van der Waals surface area contributed by atoms with E-state index in [1.165, 1.54) is 12.7 Å². The second kappa shape index (κ2) is 8.21. The van der Waals surface area contributed by atoms with Crippen molar-refractivity contribution in [1.82, 2.24) is 5.32 Å². The second-order valence-electron chi connectivity index (χ2n) is 6.19. The maximum Gasteiger partial charge on any atom is 0.206 e. The van der Waals surface area contributed by atoms with E-state index in [-0.39, 0.29) is 17.3 Å². The third-order valence-corrected chi connectivity index (χ3v) is 6.41. The molecule has 0 saturated heterocycles. The maximum absolute atomic E-state index is 12.9. The highest BCUT2D eigenvalue weighted by molar-refractivity contribution is 7.91. The van der Waals surface area contributed by atoms with E-state index in [4.69, 9.17) is 4.74 Å². The highest BCUT2D eigenvalue weighted by Gasteiger charge is 2.24. The van der Waals surface area contributed by atoms with Crippen molar-refractivity contribution in [3.05, 3.63) is 53.6 Å². The Balaban J connectivity index is 0.00000225. The van der Waals surface area contributed by atoms with E-state index in [0.29, 0.717) is 16.6 Å². The molecule has 0 aromatic heterocycles. The number of likely N-dealkylation sites (N-methyl/N-ethyl adjacent to an activating group) is 1. The molecule has 0 heterocycles. The first-order valence-electron chi connectivity index (χ1n) is 8.23. The van der Waals surface area contributed by atoms with Gasteiger partial charge >= 0.3 is 0 Å². The van der Waals surface area contributed by atoms with Crippen LogP contribution in [0.5, 0.6) is 5.75 Å². The van der Waals surface area contributed by atoms with Crippen molar-refractivity contribution in [3.63, 3.8) is 0 Å². The molecule has 2 aromatic carbocycles. The van der Waals surface area contributed by atoms with Gasteiger partial charge in [0.2, 0.25) is 9.84 Å². The van der Waals surface area contributed by atoms with Crippen LogP contribution in [0.3, 0.4) is 0 Å². The van der Waals surface area contributed by atoms with Crippen LogP contribution in [0.15, 0.2) is 52.3 Å². The van der Waals surface area contributed by atoms with Crippen molar-refractivity contribution in [1.29, 1.82) is 0 Å². The number of rotatable bonds is 5. The predicted octanol–water partition coefficient (Wildman–Crippen LogP) is 3.59. The van der Waals surface area contributed by atoms with Crippen molar-refractivity contribution in [2.24, 2.45) is 0 Å². The lowest BCUT2D eigenvalue weighted by atomic mass is 9.83. The number of fused-ring (bicyclic) bond motifs is 1. The molecule has 1 unspecified atom stereocenters. The monoisotopic (exact) mass is 381 g/mol. The summed E-state index contributed by atoms with van der Waals surface area (Å²) in [6.07, 6.45) is 3.19. The summed E-state index contributed by atoms with van der Waals surface area (Å²) in [5.74, 6) is 1.01. The molecule has 136 valence electrons. The van der Waals surface area contributed by atoms with Gasteiger partial charge in [-0.2, -0.15) is 0 Å². The van der Waals surface area contributed by atoms with Crippen molar-refractivity contribution < 1.29 is 13.2 Å². The van der Waals surface area contributed by atoms with E-state index in [0.717, 1.165) is 31.4 Å². The normalized spacial score (nSPS) is 16.6. The van der Waals surface area contributed by atoms with Gasteiger partial charge in [-0.15, -0.1) is 12.4 Å². The van der Waals surface area contributed by atoms with Gasteiger partial charge < -0.3 is 10.1 Å². The molecule has 1 aliphatic carbocycles. The minimum atomic E-state index is -3.53. The van der Waals surface area contributed by atoms with Gasteiger partial charge in [0.1, 0.15) is 5.75 Å². The number of hydrogen-bond donors (Lipinski definition) is 1. The maximum atomic E-state index is 12.9. The Morgan fingerprint density at radius 2 is 1.92 bits per heavy atom. The minimum absolute atomic E-state index is 0. The van der Waals surface area contributed by atoms with E-state index in [9.17, 15) is 8.42 Å². The molecule has 1 atom stereocenters. The lowest BCUT2D eigenvalue weighted by molar-refractivity contribution is 0.413. The summed E-state index contributed by atoms with van der Waals surface area (Å²) in [5, 5.41) is 3.23. The minimum Gasteiger partial charge on any atom is -0.497 e. The largest absolute Gasteiger partial charge is 0.497 e. The van der Waals surface area contributed by atoms with Crippen LogP contribution in [0.25, 0.3) is 0 Å². The van der Waals surface area contributed by atoms with Crippen LogP contribution in [-0.4, -0.2) is 29.1 Å². The predicted molar refractivity (Wildman–Crippen MR) is 102 cm³/mol. The number of sulfone groups is 1. The molecule has 4 nitrogen and oxygen atoms in total. The first-order chi connectivity index (χ1) is 11.6. The van der Waals surface area contributed by atoms with Crippen molar-refractivity contribution in [3.8, 4) is 5.75 Å². The fraction of sp³-hybridized carbons (Fsp3) is 0.368. The van der Waals surface area contributed by atoms with Crippen LogP contribution < -0.4 is 10.1 Å². The average Bonchev–Trinajstić information content (AvgIpc) is 2.62. The first-order valence-corrected chi connectivity index (χ1v) is 9.71. The van der Waals surface area contributed by atoms with Crippen LogP contribution in [0.4, 0.5) is 0 Å². The molecule has 0 aliphatic heterocycles. The molecule has 1 N–H and O–H groups in total. The Kier molecular flexibility index (Phi) is 6.49. The average molecular weight is 382 g/mol. The summed E-state index contributed by atoms with van der Waals surface area (Å²) in [6.45, 7) is 0.926. The lowest BCUT2D eigenvalue weighted by Gasteiger charge is -2.26. The Hall–Kier alpha value is -1.56. The van der Waals surface area contributed by atoms with Gasteiger partial charge in [0, 0.05) is 6.54 Å². The zero-order chi connectivity index (χ0) is 17.2. The summed E-state index contributed by atoms with van der Waals surface area (Å²) < 4.78 is 31.0. The second-order valence-corrected chi connectivity index (χ2v) is 8.14. The Labute approximate surface area is 155 Å². The third kappa shape index (κ3) is 4.00. The van der Waals surface area contributed by atoms with E-state index >= 15 is 0 Å². The quantitative estimate of drug-likeness (QED) is 0.859. The van der Waals surface area contributed by atoms with Gasteiger partial charge in [0.15, 0.2) is 0 Å². The summed E-state index contributed by atoms with van der Waals surface area (Å²) in [6, 6.07) is 12.2. The van der Waals surface area contributed by atoms with Gasteiger partial charge in [-0.25, -0.2) is 8.42 Å². The standard InChI is InChI=1S/C19H23NO3S.ClH/c1-20-13-15-6-3-5-14-11-18(9-10-19(14)15)24(21,22)17-8-4-7-16(12-17)23-2;/h4,7-12,15,20H,3,5-6,13H2,1-2H3;1H. The zero-order valence-electron chi connectivity index (χ0n) is 14.5. The highest BCUT2D eigenvalue weighted by Crippen LogP contribution is 2.34. The molecule has 0 saturated carbocycles. The Bertz CT molecular complexity index is 836. The summed E-state index contributed by atoms with van der Waals surface area (Å²) in [7, 11) is -0.0419. The van der Waals surface area contributed by atoms with Crippen LogP contribution in [0.1, 0.15) is 29.9 Å². The lowest BCUT2D eigenvalue weighted by Crippen LogP contribution is -2.21.